The monoisotopic (exact) mass is 1370 g/mol. The van der Waals surface area contributed by atoms with E-state index in [-0.39, 0.29) is 85.7 Å². The number of aliphatic carboxylic acids is 1. The molecule has 10 aromatic rings. The maximum absolute atomic E-state index is 13.5. The molecule has 14 rings (SSSR count). The van der Waals surface area contributed by atoms with Gasteiger partial charge in [0.05, 0.1) is 36.8 Å². The van der Waals surface area contributed by atoms with Crippen molar-refractivity contribution in [3.8, 4) is 22.5 Å². The van der Waals surface area contributed by atoms with Crippen LogP contribution in [0, 0.1) is 0 Å². The van der Waals surface area contributed by atoms with Crippen molar-refractivity contribution < 1.29 is 43.5 Å². The number of hydrogen-bond acceptors (Lipinski definition) is 9. The van der Waals surface area contributed by atoms with E-state index in [1.807, 2.05) is 214 Å². The first-order chi connectivity index (χ1) is 49.0. The highest BCUT2D eigenvalue weighted by atomic mass is 16.4. The van der Waals surface area contributed by atoms with E-state index in [1.54, 1.807) is 14.7 Å². The van der Waals surface area contributed by atoms with Crippen LogP contribution in [0.1, 0.15) is 118 Å². The highest BCUT2D eigenvalue weighted by molar-refractivity contribution is 5.99. The summed E-state index contributed by atoms with van der Waals surface area (Å²) in [4.78, 5) is 116. The number of nitrogens with zero attached hydrogens (tertiary/aromatic N) is 4. The number of carboxylic acid groups (broad SMARTS) is 1. The molecule has 8 aromatic carbocycles. The number of hydrogen-bond donors (Lipinski definition) is 5. The second-order valence-electron chi connectivity index (χ2n) is 27.0. The zero-order valence-corrected chi connectivity index (χ0v) is 57.1. The number of carbonyl (C=O) groups excluding carboxylic acids is 7. The number of amides is 5. The molecule has 0 saturated carbocycles. The molecular formula is C85H90N8O9. The Morgan fingerprint density at radius 2 is 0.804 bits per heavy atom. The predicted molar refractivity (Wildman–Crippen MR) is 401 cm³/mol. The van der Waals surface area contributed by atoms with E-state index < -0.39 is 24.1 Å². The van der Waals surface area contributed by atoms with Gasteiger partial charge in [0.15, 0.2) is 11.6 Å². The predicted octanol–water partition coefficient (Wildman–Crippen LogP) is 14.2. The van der Waals surface area contributed by atoms with E-state index in [0.29, 0.717) is 57.5 Å². The molecule has 524 valence electrons. The molecule has 0 bridgehead atoms. The number of nitrogen functional groups attached to an aromatic ring is 1. The summed E-state index contributed by atoms with van der Waals surface area (Å²) in [7, 11) is 0. The SMILES string of the molecule is C.C[C@@H](C(=O)N1CCC[C@H]1C(=O)Cc1ccc2[nH]c(-c3ccc(N)cc3)cc2c1)c1ccccc1.C[C@@H](C(=O)N1CCC[C@H]1C(=O)Cc1ccc2[nH]c(-c3ccc(NC(=O)[C@@H]4CCCN4C(=O)Cc4ccccc4)cc3)cc2c1)c1ccccc1.O=C(O)[C@@H]1CCCN1C(=O)Cc1ccccc1. The van der Waals surface area contributed by atoms with E-state index in [9.17, 15) is 38.4 Å². The lowest BCUT2D eigenvalue weighted by molar-refractivity contribution is -0.148. The molecule has 0 unspecified atom stereocenters. The Morgan fingerprint density at radius 1 is 0.431 bits per heavy atom. The molecule has 4 aliphatic heterocycles. The second kappa shape index (κ2) is 33.3. The number of aromatic amines is 2. The topological polar surface area (TPSA) is 239 Å². The molecule has 0 spiro atoms. The molecule has 102 heavy (non-hydrogen) atoms. The normalized spacial score (nSPS) is 17.5. The zero-order chi connectivity index (χ0) is 70.5. The smallest absolute Gasteiger partial charge is 0.326 e. The molecule has 4 fully saturated rings. The van der Waals surface area contributed by atoms with E-state index in [0.717, 1.165) is 115 Å². The van der Waals surface area contributed by atoms with Gasteiger partial charge in [0.1, 0.15) is 12.1 Å². The molecule has 6 atom stereocenters. The van der Waals surface area contributed by atoms with Gasteiger partial charge in [-0.15, -0.1) is 0 Å². The Balaban J connectivity index is 0.000000172. The van der Waals surface area contributed by atoms with E-state index in [1.165, 1.54) is 4.90 Å². The van der Waals surface area contributed by atoms with Gasteiger partial charge >= 0.3 is 5.97 Å². The minimum absolute atomic E-state index is 0. The molecule has 17 heteroatoms. The first kappa shape index (κ1) is 72.1. The fourth-order valence-electron chi connectivity index (χ4n) is 14.6. The number of fused-ring (bicyclic) bond motifs is 2. The van der Waals surface area contributed by atoms with Crippen molar-refractivity contribution in [3.05, 3.63) is 252 Å². The summed E-state index contributed by atoms with van der Waals surface area (Å²) in [5.41, 5.74) is 18.9. The van der Waals surface area contributed by atoms with Gasteiger partial charge in [-0.05, 0) is 170 Å². The lowest BCUT2D eigenvalue weighted by atomic mass is 9.97. The summed E-state index contributed by atoms with van der Waals surface area (Å²) in [5, 5.41) is 14.1. The van der Waals surface area contributed by atoms with Crippen LogP contribution in [0.25, 0.3) is 44.3 Å². The van der Waals surface area contributed by atoms with Crippen LogP contribution >= 0.6 is 0 Å². The Bertz CT molecular complexity index is 4580. The number of benzene rings is 8. The summed E-state index contributed by atoms with van der Waals surface area (Å²) in [6.07, 6.45) is 7.10. The van der Waals surface area contributed by atoms with Crippen molar-refractivity contribution in [3.63, 3.8) is 0 Å². The number of carboxylic acids is 1. The minimum Gasteiger partial charge on any atom is -0.480 e. The molecule has 6 heterocycles. The number of Topliss-reactive ketones (excluding diaryl/α,β-unsaturated/α-hetero) is 2. The fourth-order valence-corrected chi connectivity index (χ4v) is 14.6. The standard InChI is InChI=1S/C42H42N4O4.C29H29N3O2.C13H15NO3.CH4/c1-28(31-12-6-3-7-13-31)42(50)46-23-8-14-37(46)39(47)25-30-16-21-35-33(24-30)27-36(44-35)32-17-19-34(20-18-32)43-41(49)38-15-9-22-45(38)40(48)26-29-10-4-2-5-11-29;1-19(21-6-3-2-4-7-21)29(34)32-15-5-8-27(32)28(33)17-20-9-14-25-23(16-20)18-26(31-25)22-10-12-24(30)13-11-22;15-12(9-10-5-2-1-3-6-10)14-8-4-7-11(14)13(16)17;/h2-7,10-13,16-21,24,27-28,37-38,44H,8-9,14-15,22-23,25-26H2,1H3,(H,43,49);2-4,6-7,9-14,16,18-19,27,31H,5,8,15,17,30H2,1H3;1-3,5-6,11H,4,7-9H2,(H,16,17);1H4/t28-,37+,38+;19-,27+;11-;/m110./s1. The van der Waals surface area contributed by atoms with Gasteiger partial charge in [-0.25, -0.2) is 4.79 Å². The molecule has 5 amide bonds. The number of nitrogens with one attached hydrogen (secondary N) is 3. The van der Waals surface area contributed by atoms with E-state index in [4.69, 9.17) is 10.8 Å². The number of rotatable bonds is 19. The Hall–Kier alpha value is -11.2. The number of carbonyl (C=O) groups is 8. The lowest BCUT2D eigenvalue weighted by Gasteiger charge is -2.27. The Labute approximate surface area is 596 Å². The summed E-state index contributed by atoms with van der Waals surface area (Å²) in [5.74, 6) is -1.50. The minimum atomic E-state index is -0.899. The van der Waals surface area contributed by atoms with Crippen molar-refractivity contribution in [2.45, 2.75) is 134 Å². The van der Waals surface area contributed by atoms with Crippen molar-refractivity contribution >= 4 is 80.3 Å². The van der Waals surface area contributed by atoms with Gasteiger partial charge in [0.25, 0.3) is 0 Å². The molecule has 0 aliphatic carbocycles. The number of nitrogens with two attached hydrogens (primary N) is 1. The Kier molecular flexibility index (Phi) is 23.5. The number of likely N-dealkylation sites (tertiary alicyclic amines) is 4. The largest absolute Gasteiger partial charge is 0.480 e. The van der Waals surface area contributed by atoms with E-state index >= 15 is 0 Å². The van der Waals surface area contributed by atoms with Gasteiger partial charge in [-0.1, -0.05) is 165 Å². The maximum Gasteiger partial charge on any atom is 0.326 e. The maximum atomic E-state index is 13.5. The van der Waals surface area contributed by atoms with Crippen molar-refractivity contribution in [2.24, 2.45) is 0 Å². The summed E-state index contributed by atoms with van der Waals surface area (Å²) in [6.45, 7) is 6.25. The van der Waals surface area contributed by atoms with Crippen LogP contribution < -0.4 is 11.1 Å². The highest BCUT2D eigenvalue weighted by Crippen LogP contribution is 2.33. The summed E-state index contributed by atoms with van der Waals surface area (Å²) >= 11 is 0. The molecule has 0 radical (unpaired) electrons. The number of ketones is 2. The fraction of sp³-hybridized carbons (Fsp3) is 0.294. The first-order valence-electron chi connectivity index (χ1n) is 35.2. The Morgan fingerprint density at radius 3 is 1.23 bits per heavy atom. The van der Waals surface area contributed by atoms with Gasteiger partial charge < -0.3 is 45.7 Å². The highest BCUT2D eigenvalue weighted by Gasteiger charge is 2.39. The van der Waals surface area contributed by atoms with Crippen LogP contribution in [0.15, 0.2) is 218 Å². The van der Waals surface area contributed by atoms with Gasteiger partial charge in [-0.2, -0.15) is 0 Å². The second-order valence-corrected chi connectivity index (χ2v) is 27.0. The van der Waals surface area contributed by atoms with E-state index in [2.05, 4.69) is 33.5 Å². The van der Waals surface area contributed by atoms with Crippen LogP contribution in [-0.2, 0) is 64.0 Å². The van der Waals surface area contributed by atoms with Gasteiger partial charge in [-0.3, -0.25) is 33.6 Å². The first-order valence-corrected chi connectivity index (χ1v) is 35.2. The van der Waals surface area contributed by atoms with Crippen LogP contribution in [0.2, 0.25) is 0 Å². The molecular weight excluding hydrogens is 1280 g/mol. The van der Waals surface area contributed by atoms with Crippen molar-refractivity contribution in [1.82, 2.24) is 29.6 Å². The summed E-state index contributed by atoms with van der Waals surface area (Å²) < 4.78 is 0. The average molecular weight is 1370 g/mol. The molecule has 2 aromatic heterocycles. The molecule has 4 saturated heterocycles. The molecule has 6 N–H and O–H groups in total. The number of aromatic nitrogens is 2. The quantitative estimate of drug-likeness (QED) is 0.0480. The van der Waals surface area contributed by atoms with Crippen molar-refractivity contribution in [2.75, 3.05) is 37.2 Å². The van der Waals surface area contributed by atoms with Crippen LogP contribution in [-0.4, -0.2) is 132 Å². The third-order valence-corrected chi connectivity index (χ3v) is 20.1. The third kappa shape index (κ3) is 17.3. The van der Waals surface area contributed by atoms with Crippen molar-refractivity contribution in [1.29, 1.82) is 0 Å². The van der Waals surface area contributed by atoms with Crippen LogP contribution in [0.5, 0.6) is 0 Å². The van der Waals surface area contributed by atoms with Crippen LogP contribution in [0.4, 0.5) is 11.4 Å². The van der Waals surface area contributed by atoms with Gasteiger partial charge in [0, 0.05) is 83.6 Å². The average Bonchev–Trinajstić information content (AvgIpc) is 1.65. The third-order valence-electron chi connectivity index (χ3n) is 20.1. The number of H-pyrrole nitrogens is 2. The van der Waals surface area contributed by atoms with Gasteiger partial charge in [0.2, 0.25) is 29.5 Å². The lowest BCUT2D eigenvalue weighted by Crippen LogP contribution is -2.43. The zero-order valence-electron chi connectivity index (χ0n) is 57.1. The van der Waals surface area contributed by atoms with Crippen LogP contribution in [0.3, 0.4) is 0 Å². The summed E-state index contributed by atoms with van der Waals surface area (Å²) in [6, 6.07) is 68.4. The molecule has 17 nitrogen and oxygen atoms in total. The molecule has 4 aliphatic rings. The number of anilines is 2.